The number of H-pyrrole nitrogens is 1. The SMILES string of the molecule is [2H]c1[nH]c2ccc(C([2H])([2H])S(=O)(=O)NC([2H])([2H])[2H])cc2c1CCN(C([2H])([2H])[2H])C([2H])([2H])[2H]. The zero-order valence-corrected chi connectivity index (χ0v) is 11.1. The summed E-state index contributed by atoms with van der Waals surface area (Å²) < 4.78 is 116. The fourth-order valence-electron chi connectivity index (χ4n) is 1.78. The highest BCUT2D eigenvalue weighted by Crippen LogP contribution is 2.21. The maximum atomic E-state index is 12.3. The third-order valence-electron chi connectivity index (χ3n) is 2.66. The van der Waals surface area contributed by atoms with Crippen molar-refractivity contribution in [3.63, 3.8) is 0 Å². The minimum absolute atomic E-state index is 0.150. The van der Waals surface area contributed by atoms with Gasteiger partial charge in [0.25, 0.3) is 0 Å². The predicted octanol–water partition coefficient (Wildman–Crippen LogP) is 1.32. The summed E-state index contributed by atoms with van der Waals surface area (Å²) in [5.41, 5.74) is -3.13. The smallest absolute Gasteiger partial charge is 0.215 e. The lowest BCUT2D eigenvalue weighted by molar-refractivity contribution is 0.414. The Morgan fingerprint density at radius 2 is 2.35 bits per heavy atom. The van der Waals surface area contributed by atoms with Gasteiger partial charge in [-0.05, 0) is 50.6 Å². The number of sulfonamides is 1. The number of nitrogens with one attached hydrogen (secondary N) is 2. The van der Waals surface area contributed by atoms with Gasteiger partial charge < -0.3 is 9.88 Å². The first-order valence-corrected chi connectivity index (χ1v) is 7.08. The molecule has 2 N–H and O–H groups in total. The standard InChI is InChI=1S/C14H21N3O2S/c1-15-20(18,19)10-11-4-5-14-13(8-11)12(9-16-14)6-7-17(2)3/h4-5,8-9,15-16H,6-7,10H2,1-3H3/i1D3,2D3,3D3,9D,10D2. The van der Waals surface area contributed by atoms with Gasteiger partial charge in [-0.1, -0.05) is 6.07 Å². The van der Waals surface area contributed by atoms with Crippen LogP contribution in [0, 0.1) is 0 Å². The van der Waals surface area contributed by atoms with E-state index in [4.69, 9.17) is 16.4 Å². The molecule has 0 spiro atoms. The molecule has 1 aromatic heterocycles. The van der Waals surface area contributed by atoms with Gasteiger partial charge in [0, 0.05) is 38.7 Å². The van der Waals surface area contributed by atoms with Gasteiger partial charge in [0.05, 0.1) is 7.08 Å². The van der Waals surface area contributed by atoms with Gasteiger partial charge in [0.15, 0.2) is 0 Å². The highest BCUT2D eigenvalue weighted by molar-refractivity contribution is 7.88. The van der Waals surface area contributed by atoms with Crippen LogP contribution in [-0.2, 0) is 22.1 Å². The lowest BCUT2D eigenvalue weighted by Crippen LogP contribution is -2.20. The zero-order chi connectivity index (χ0) is 24.9. The third kappa shape index (κ3) is 3.59. The van der Waals surface area contributed by atoms with Gasteiger partial charge in [-0.2, -0.15) is 0 Å². The first-order valence-electron chi connectivity index (χ1n) is 11.6. The summed E-state index contributed by atoms with van der Waals surface area (Å²) in [5, 5.41) is 0.177. The van der Waals surface area contributed by atoms with Gasteiger partial charge in [-0.15, -0.1) is 0 Å². The second-order valence-corrected chi connectivity index (χ2v) is 5.51. The van der Waals surface area contributed by atoms with E-state index in [2.05, 4.69) is 4.98 Å². The molecule has 1 aromatic carbocycles. The Morgan fingerprint density at radius 1 is 1.50 bits per heavy atom. The molecule has 0 bridgehead atoms. The highest BCUT2D eigenvalue weighted by Gasteiger charge is 2.11. The quantitative estimate of drug-likeness (QED) is 0.846. The van der Waals surface area contributed by atoms with Crippen molar-refractivity contribution in [1.29, 1.82) is 0 Å². The van der Waals surface area contributed by atoms with E-state index < -0.39 is 48.8 Å². The largest absolute Gasteiger partial charge is 0.361 e. The van der Waals surface area contributed by atoms with Crippen LogP contribution in [0.3, 0.4) is 0 Å². The van der Waals surface area contributed by atoms with E-state index in [1.165, 1.54) is 10.8 Å². The Kier molecular flexibility index (Phi) is 1.72. The van der Waals surface area contributed by atoms with Crippen molar-refractivity contribution in [3.8, 4) is 0 Å². The van der Waals surface area contributed by atoms with Gasteiger partial charge >= 0.3 is 0 Å². The number of benzene rings is 1. The second-order valence-electron chi connectivity index (χ2n) is 4.10. The number of rotatable bonds is 6. The average Bonchev–Trinajstić information content (AvgIpc) is 2.85. The number of nitrogens with zero attached hydrogens (tertiary/aromatic N) is 1. The van der Waals surface area contributed by atoms with Crippen LogP contribution in [0.2, 0.25) is 0 Å². The normalized spacial score (nSPS) is 23.9. The van der Waals surface area contributed by atoms with Gasteiger partial charge in [0.1, 0.15) is 0 Å². The average molecular weight is 307 g/mol. The summed E-state index contributed by atoms with van der Waals surface area (Å²) in [7, 11) is -5.00. The Labute approximate surface area is 136 Å². The molecule has 0 fully saturated rings. The Balaban J connectivity index is 2.49. The van der Waals surface area contributed by atoms with Gasteiger partial charge in [0.2, 0.25) is 10.0 Å². The lowest BCUT2D eigenvalue weighted by atomic mass is 10.1. The molecule has 0 saturated heterocycles. The summed E-state index contributed by atoms with van der Waals surface area (Å²) in [4.78, 5) is 2.98. The summed E-state index contributed by atoms with van der Waals surface area (Å²) in [5.74, 6) is 0. The number of hydrogen-bond acceptors (Lipinski definition) is 3. The molecule has 0 aliphatic carbocycles. The minimum Gasteiger partial charge on any atom is -0.361 e. The molecule has 2 rings (SSSR count). The number of fused-ring (bicyclic) bond motifs is 1. The van der Waals surface area contributed by atoms with E-state index in [-0.39, 0.29) is 23.5 Å². The molecule has 5 nitrogen and oxygen atoms in total. The van der Waals surface area contributed by atoms with Crippen LogP contribution in [-0.4, -0.2) is 45.8 Å². The summed E-state index contributed by atoms with van der Waals surface area (Å²) in [6.45, 7) is -9.51. The van der Waals surface area contributed by atoms with Crippen molar-refractivity contribution in [2.75, 3.05) is 27.5 Å². The first-order chi connectivity index (χ1) is 14.2. The van der Waals surface area contributed by atoms with E-state index in [0.29, 0.717) is 10.4 Å². The Hall–Kier alpha value is -1.37. The van der Waals surface area contributed by atoms with Crippen molar-refractivity contribution >= 4 is 20.9 Å². The summed E-state index contributed by atoms with van der Waals surface area (Å²) >= 11 is 0. The molecule has 0 saturated carbocycles. The van der Waals surface area contributed by atoms with Crippen LogP contribution in [0.15, 0.2) is 24.4 Å². The van der Waals surface area contributed by atoms with E-state index in [1.807, 2.05) is 0 Å². The lowest BCUT2D eigenvalue weighted by Gasteiger charge is -2.08. The van der Waals surface area contributed by atoms with Crippen LogP contribution in [0.1, 0.15) is 27.6 Å². The van der Waals surface area contributed by atoms with Crippen LogP contribution in [0.4, 0.5) is 0 Å². The molecule has 0 unspecified atom stereocenters. The molecule has 0 aliphatic rings. The van der Waals surface area contributed by atoms with Gasteiger partial charge in [-0.25, -0.2) is 13.1 Å². The zero-order valence-electron chi connectivity index (χ0n) is 22.3. The van der Waals surface area contributed by atoms with E-state index in [1.54, 1.807) is 0 Å². The van der Waals surface area contributed by atoms with E-state index in [9.17, 15) is 8.42 Å². The fourth-order valence-corrected chi connectivity index (χ4v) is 2.27. The fraction of sp³-hybridized carbons (Fsp3) is 0.429. The number of aromatic amines is 1. The Bertz CT molecular complexity index is 1070. The van der Waals surface area contributed by atoms with Crippen molar-refractivity contribution < 1.29 is 24.9 Å². The molecule has 20 heavy (non-hydrogen) atoms. The van der Waals surface area contributed by atoms with Crippen molar-refractivity contribution in [1.82, 2.24) is 14.6 Å². The number of aromatic nitrogens is 1. The maximum Gasteiger partial charge on any atom is 0.215 e. The molecule has 110 valence electrons. The monoisotopic (exact) mass is 307 g/mol. The highest BCUT2D eigenvalue weighted by atomic mass is 32.2. The molecule has 1 heterocycles. The topological polar surface area (TPSA) is 65.2 Å². The van der Waals surface area contributed by atoms with Crippen LogP contribution in [0.25, 0.3) is 10.9 Å². The van der Waals surface area contributed by atoms with Crippen LogP contribution in [0.5, 0.6) is 0 Å². The van der Waals surface area contributed by atoms with Crippen molar-refractivity contribution in [2.45, 2.75) is 12.1 Å². The molecule has 2 aromatic rings. The maximum absolute atomic E-state index is 12.3. The molecule has 6 heteroatoms. The van der Waals surface area contributed by atoms with Crippen molar-refractivity contribution in [3.05, 3.63) is 35.5 Å². The molecule has 0 radical (unpaired) electrons. The van der Waals surface area contributed by atoms with Crippen molar-refractivity contribution in [2.24, 2.45) is 0 Å². The number of hydrogen-bond donors (Lipinski definition) is 2. The van der Waals surface area contributed by atoms with E-state index >= 15 is 0 Å². The molecular formula is C14H21N3O2S. The van der Waals surface area contributed by atoms with Gasteiger partial charge in [-0.3, -0.25) is 0 Å². The molecule has 0 aliphatic heterocycles. The third-order valence-corrected chi connectivity index (χ3v) is 3.44. The first kappa shape index (κ1) is 5.79. The molecular weight excluding hydrogens is 274 g/mol. The summed E-state index contributed by atoms with van der Waals surface area (Å²) in [6, 6.07) is 3.51. The minimum atomic E-state index is -5.00. The van der Waals surface area contributed by atoms with Crippen LogP contribution < -0.4 is 4.72 Å². The molecule has 0 amide bonds. The van der Waals surface area contributed by atoms with E-state index in [0.717, 1.165) is 12.1 Å². The molecule has 0 atom stereocenters. The number of likely N-dealkylation sites (N-methyl/N-ethyl adjacent to an activating group) is 1. The Morgan fingerprint density at radius 3 is 3.10 bits per heavy atom. The second kappa shape index (κ2) is 5.95. The predicted molar refractivity (Wildman–Crippen MR) is 82.2 cm³/mol. The summed E-state index contributed by atoms with van der Waals surface area (Å²) in [6.07, 6.45) is -0.403. The van der Waals surface area contributed by atoms with Crippen LogP contribution >= 0.6 is 0 Å².